The maximum Gasteiger partial charge on any atom is 0.192 e. The molecule has 4 atom stereocenters. The van der Waals surface area contributed by atoms with E-state index in [1.54, 1.807) is 0 Å². The molecule has 1 spiro atoms. The SMILES string of the molecule is CC(C)(C)[Si](C)(C)OC1C[C@H](O)C[C@@]2(CO[C@@H](c3ccccc3)O2)C1. The van der Waals surface area contributed by atoms with Crippen molar-refractivity contribution >= 4 is 8.32 Å². The van der Waals surface area contributed by atoms with Gasteiger partial charge in [-0.25, -0.2) is 0 Å². The summed E-state index contributed by atoms with van der Waals surface area (Å²) in [7, 11) is -1.88. The van der Waals surface area contributed by atoms with Crippen LogP contribution < -0.4 is 0 Å². The molecule has 140 valence electrons. The summed E-state index contributed by atoms with van der Waals surface area (Å²) < 4.78 is 18.9. The lowest BCUT2D eigenvalue weighted by Gasteiger charge is -2.45. The molecule has 1 heterocycles. The molecule has 2 fully saturated rings. The van der Waals surface area contributed by atoms with Crippen LogP contribution in [-0.2, 0) is 13.9 Å². The van der Waals surface area contributed by atoms with Crippen molar-refractivity contribution in [1.82, 2.24) is 0 Å². The molecule has 1 N–H and O–H groups in total. The molecular weight excluding hydrogens is 332 g/mol. The largest absolute Gasteiger partial charge is 0.414 e. The van der Waals surface area contributed by atoms with Gasteiger partial charge >= 0.3 is 0 Å². The minimum Gasteiger partial charge on any atom is -0.414 e. The van der Waals surface area contributed by atoms with Crippen molar-refractivity contribution in [3.05, 3.63) is 35.9 Å². The number of hydrogen-bond acceptors (Lipinski definition) is 4. The van der Waals surface area contributed by atoms with E-state index in [-0.39, 0.29) is 17.4 Å². The van der Waals surface area contributed by atoms with Crippen molar-refractivity contribution in [1.29, 1.82) is 0 Å². The van der Waals surface area contributed by atoms with Crippen LogP contribution in [0.25, 0.3) is 0 Å². The van der Waals surface area contributed by atoms with Crippen LogP contribution in [0.4, 0.5) is 0 Å². The molecule has 1 saturated heterocycles. The summed E-state index contributed by atoms with van der Waals surface area (Å²) in [6.07, 6.45) is 1.38. The van der Waals surface area contributed by atoms with E-state index in [4.69, 9.17) is 13.9 Å². The van der Waals surface area contributed by atoms with Crippen molar-refractivity contribution in [2.45, 2.75) is 82.3 Å². The lowest BCUT2D eigenvalue weighted by Crippen LogP contribution is -2.51. The van der Waals surface area contributed by atoms with Crippen molar-refractivity contribution in [3.63, 3.8) is 0 Å². The zero-order valence-electron chi connectivity index (χ0n) is 16.1. The van der Waals surface area contributed by atoms with Crippen molar-refractivity contribution < 1.29 is 19.0 Å². The van der Waals surface area contributed by atoms with Gasteiger partial charge in [-0.3, -0.25) is 0 Å². The first-order valence-corrected chi connectivity index (χ1v) is 12.2. The Bertz CT molecular complexity index is 583. The molecule has 1 aromatic carbocycles. The average molecular weight is 365 g/mol. The zero-order valence-corrected chi connectivity index (χ0v) is 17.1. The van der Waals surface area contributed by atoms with Gasteiger partial charge in [-0.15, -0.1) is 0 Å². The summed E-state index contributed by atoms with van der Waals surface area (Å²) in [5, 5.41) is 10.6. The van der Waals surface area contributed by atoms with Gasteiger partial charge in [-0.2, -0.15) is 0 Å². The van der Waals surface area contributed by atoms with E-state index in [2.05, 4.69) is 33.9 Å². The Labute approximate surface area is 152 Å². The van der Waals surface area contributed by atoms with Gasteiger partial charge in [0.15, 0.2) is 14.6 Å². The highest BCUT2D eigenvalue weighted by molar-refractivity contribution is 6.74. The van der Waals surface area contributed by atoms with Crippen LogP contribution in [0.2, 0.25) is 18.1 Å². The van der Waals surface area contributed by atoms with Crippen molar-refractivity contribution in [3.8, 4) is 0 Å². The van der Waals surface area contributed by atoms with E-state index >= 15 is 0 Å². The summed E-state index contributed by atoms with van der Waals surface area (Å²) in [4.78, 5) is 0. The van der Waals surface area contributed by atoms with E-state index in [9.17, 15) is 5.11 Å². The van der Waals surface area contributed by atoms with Gasteiger partial charge in [0.2, 0.25) is 0 Å². The van der Waals surface area contributed by atoms with E-state index in [0.717, 1.165) is 12.0 Å². The third-order valence-corrected chi connectivity index (χ3v) is 10.5. The van der Waals surface area contributed by atoms with Gasteiger partial charge in [0.25, 0.3) is 0 Å². The Morgan fingerprint density at radius 3 is 2.48 bits per heavy atom. The van der Waals surface area contributed by atoms with Crippen LogP contribution in [0.1, 0.15) is 51.9 Å². The Balaban J connectivity index is 1.71. The molecule has 0 radical (unpaired) electrons. The quantitative estimate of drug-likeness (QED) is 0.807. The van der Waals surface area contributed by atoms with Gasteiger partial charge in [-0.1, -0.05) is 51.1 Å². The number of aliphatic hydroxyl groups excluding tert-OH is 1. The van der Waals surface area contributed by atoms with Crippen LogP contribution in [0.3, 0.4) is 0 Å². The van der Waals surface area contributed by atoms with E-state index in [1.807, 2.05) is 30.3 Å². The average Bonchev–Trinajstić information content (AvgIpc) is 2.89. The second kappa shape index (κ2) is 6.78. The topological polar surface area (TPSA) is 47.9 Å². The van der Waals surface area contributed by atoms with Gasteiger partial charge < -0.3 is 19.0 Å². The molecule has 1 saturated carbocycles. The summed E-state index contributed by atoms with van der Waals surface area (Å²) in [6.45, 7) is 11.8. The molecule has 25 heavy (non-hydrogen) atoms. The Morgan fingerprint density at radius 1 is 1.16 bits per heavy atom. The minimum absolute atomic E-state index is 0.0303. The van der Waals surface area contributed by atoms with Gasteiger partial charge in [0.05, 0.1) is 24.4 Å². The molecule has 1 aliphatic heterocycles. The second-order valence-electron chi connectivity index (χ2n) is 9.15. The van der Waals surface area contributed by atoms with Crippen molar-refractivity contribution in [2.75, 3.05) is 6.61 Å². The van der Waals surface area contributed by atoms with Gasteiger partial charge in [0.1, 0.15) is 0 Å². The number of hydrogen-bond donors (Lipinski definition) is 1. The van der Waals surface area contributed by atoms with Crippen LogP contribution in [-0.4, -0.2) is 37.8 Å². The van der Waals surface area contributed by atoms with Gasteiger partial charge in [0, 0.05) is 18.4 Å². The predicted octanol–water partition coefficient (Wildman–Crippen LogP) is 4.41. The monoisotopic (exact) mass is 364 g/mol. The maximum absolute atomic E-state index is 10.5. The molecular formula is C20H32O4Si. The molecule has 1 aromatic rings. The molecule has 0 bridgehead atoms. The first-order chi connectivity index (χ1) is 11.6. The second-order valence-corrected chi connectivity index (χ2v) is 13.9. The number of ether oxygens (including phenoxy) is 2. The molecule has 4 nitrogen and oxygen atoms in total. The fourth-order valence-corrected chi connectivity index (χ4v) is 4.96. The maximum atomic E-state index is 10.5. The number of aliphatic hydroxyl groups is 1. The van der Waals surface area contributed by atoms with Crippen molar-refractivity contribution in [2.24, 2.45) is 0 Å². The fraction of sp³-hybridized carbons (Fsp3) is 0.700. The van der Waals surface area contributed by atoms with E-state index in [1.165, 1.54) is 0 Å². The van der Waals surface area contributed by atoms with E-state index in [0.29, 0.717) is 19.4 Å². The lowest BCUT2D eigenvalue weighted by atomic mass is 9.82. The van der Waals surface area contributed by atoms with Gasteiger partial charge in [-0.05, 0) is 24.6 Å². The summed E-state index contributed by atoms with van der Waals surface area (Å²) in [5.41, 5.74) is 0.590. The molecule has 5 heteroatoms. The zero-order chi connectivity index (χ0) is 18.3. The third-order valence-electron chi connectivity index (χ3n) is 5.94. The molecule has 1 aliphatic carbocycles. The summed E-state index contributed by atoms with van der Waals surface area (Å²) in [5.74, 6) is 0. The van der Waals surface area contributed by atoms with Crippen LogP contribution in [0, 0.1) is 0 Å². The molecule has 3 rings (SSSR count). The highest BCUT2D eigenvalue weighted by atomic mass is 28.4. The Morgan fingerprint density at radius 2 is 1.84 bits per heavy atom. The fourth-order valence-electron chi connectivity index (χ4n) is 3.59. The smallest absolute Gasteiger partial charge is 0.192 e. The molecule has 0 aromatic heterocycles. The standard InChI is InChI=1S/C20H32O4Si/c1-19(2,3)25(4,5)24-17-11-16(21)12-20(13-17)14-22-18(23-20)15-9-7-6-8-10-15/h6-10,16-18,21H,11-14H2,1-5H3/t16-,17?,18+,20-/m0/s1. The van der Waals surface area contributed by atoms with E-state index < -0.39 is 20.0 Å². The first-order valence-electron chi connectivity index (χ1n) is 9.31. The van der Waals surface area contributed by atoms with Crippen LogP contribution >= 0.6 is 0 Å². The predicted molar refractivity (Wildman–Crippen MR) is 101 cm³/mol. The normalized spacial score (nSPS) is 33.8. The first kappa shape index (κ1) is 19.0. The minimum atomic E-state index is -1.88. The Kier molecular flexibility index (Phi) is 5.17. The molecule has 2 aliphatic rings. The van der Waals surface area contributed by atoms with Crippen LogP contribution in [0.15, 0.2) is 30.3 Å². The summed E-state index contributed by atoms with van der Waals surface area (Å²) >= 11 is 0. The lowest BCUT2D eigenvalue weighted by molar-refractivity contribution is -0.134. The molecule has 0 amide bonds. The number of benzene rings is 1. The summed E-state index contributed by atoms with van der Waals surface area (Å²) in [6, 6.07) is 10.0. The highest BCUT2D eigenvalue weighted by Crippen LogP contribution is 2.45. The Hall–Kier alpha value is -0.723. The molecule has 1 unspecified atom stereocenters. The highest BCUT2D eigenvalue weighted by Gasteiger charge is 2.50. The third kappa shape index (κ3) is 4.17. The van der Waals surface area contributed by atoms with Crippen LogP contribution in [0.5, 0.6) is 0 Å². The number of rotatable bonds is 3.